The van der Waals surface area contributed by atoms with Gasteiger partial charge in [-0.15, -0.1) is 0 Å². The van der Waals surface area contributed by atoms with Gasteiger partial charge < -0.3 is 16.4 Å². The van der Waals surface area contributed by atoms with Crippen LogP contribution in [0.5, 0.6) is 0 Å². The van der Waals surface area contributed by atoms with Crippen molar-refractivity contribution in [1.82, 2.24) is 9.80 Å². The van der Waals surface area contributed by atoms with Crippen molar-refractivity contribution in [2.75, 3.05) is 13.1 Å². The van der Waals surface area contributed by atoms with E-state index in [1.54, 1.807) is 6.20 Å². The number of amidine groups is 1. The number of nitrogens with two attached hydrogens (primary N) is 2. The molecule has 0 saturated carbocycles. The number of allylic oxidation sites excluding steroid dienone is 1. The third-order valence-electron chi connectivity index (χ3n) is 4.74. The molecule has 4 N–H and O–H groups in total. The molecule has 2 unspecified atom stereocenters. The molecule has 0 spiro atoms. The van der Waals surface area contributed by atoms with Crippen molar-refractivity contribution in [2.45, 2.75) is 46.6 Å². The highest BCUT2D eigenvalue weighted by Gasteiger charge is 2.32. The highest BCUT2D eigenvalue weighted by Crippen LogP contribution is 2.33. The van der Waals surface area contributed by atoms with Gasteiger partial charge in [-0.05, 0) is 43.8 Å². The molecule has 0 radical (unpaired) electrons. The monoisotopic (exact) mass is 317 g/mol. The standard InChI is InChI=1S/C18H31N5/c1-5-17(22-10-7-14(4)12-16(22)13(2)3)23-11-9-21-18(20)15(23)6-8-19/h5-6,9,11,13-14,16H,7-8,10,12,19H2,1-4H3,(H2,20,21)/b15-6+,17-5-. The van der Waals surface area contributed by atoms with Gasteiger partial charge >= 0.3 is 0 Å². The van der Waals surface area contributed by atoms with Crippen LogP contribution in [0.1, 0.15) is 40.5 Å². The second-order valence-corrected chi connectivity index (χ2v) is 6.79. The Morgan fingerprint density at radius 1 is 1.48 bits per heavy atom. The Hall–Kier alpha value is -1.75. The van der Waals surface area contributed by atoms with Gasteiger partial charge in [0.25, 0.3) is 0 Å². The van der Waals surface area contributed by atoms with Crippen molar-refractivity contribution in [3.8, 4) is 0 Å². The molecule has 2 heterocycles. The number of hydrogen-bond donors (Lipinski definition) is 2. The second-order valence-electron chi connectivity index (χ2n) is 6.79. The fourth-order valence-corrected chi connectivity index (χ4v) is 3.51. The molecule has 2 rings (SSSR count). The number of rotatable bonds is 4. The minimum atomic E-state index is 0.442. The van der Waals surface area contributed by atoms with Crippen molar-refractivity contribution in [1.29, 1.82) is 0 Å². The van der Waals surface area contributed by atoms with E-state index in [4.69, 9.17) is 11.5 Å². The van der Waals surface area contributed by atoms with Crippen molar-refractivity contribution >= 4 is 5.84 Å². The van der Waals surface area contributed by atoms with E-state index in [-0.39, 0.29) is 0 Å². The summed E-state index contributed by atoms with van der Waals surface area (Å²) in [7, 11) is 0. The lowest BCUT2D eigenvalue weighted by atomic mass is 9.86. The molecule has 0 aliphatic carbocycles. The third kappa shape index (κ3) is 3.78. The summed E-state index contributed by atoms with van der Waals surface area (Å²) in [5.41, 5.74) is 12.7. The predicted molar refractivity (Wildman–Crippen MR) is 97.2 cm³/mol. The molecule has 23 heavy (non-hydrogen) atoms. The maximum Gasteiger partial charge on any atom is 0.147 e. The van der Waals surface area contributed by atoms with Crippen molar-refractivity contribution in [3.05, 3.63) is 36.1 Å². The first kappa shape index (κ1) is 17.6. The first-order chi connectivity index (χ1) is 11.0. The molecule has 0 aromatic carbocycles. The molecule has 2 aliphatic rings. The first-order valence-electron chi connectivity index (χ1n) is 8.62. The summed E-state index contributed by atoms with van der Waals surface area (Å²) >= 11 is 0. The number of piperidine rings is 1. The molecule has 5 heteroatoms. The average molecular weight is 317 g/mol. The molecule has 0 amide bonds. The molecule has 0 aromatic rings. The SMILES string of the molecule is C/C=C(\N1C=CN=C(N)/C1=C\CN)N1CCC(C)CC1C(C)C. The van der Waals surface area contributed by atoms with Gasteiger partial charge in [-0.2, -0.15) is 0 Å². The van der Waals surface area contributed by atoms with Crippen molar-refractivity contribution in [3.63, 3.8) is 0 Å². The molecule has 2 atom stereocenters. The largest absolute Gasteiger partial charge is 0.382 e. The van der Waals surface area contributed by atoms with Crippen LogP contribution in [-0.4, -0.2) is 34.8 Å². The molecule has 2 aliphatic heterocycles. The molecule has 0 aromatic heterocycles. The number of aliphatic imine (C=N–C) groups is 1. The smallest absolute Gasteiger partial charge is 0.147 e. The minimum Gasteiger partial charge on any atom is -0.382 e. The first-order valence-corrected chi connectivity index (χ1v) is 8.62. The van der Waals surface area contributed by atoms with E-state index < -0.39 is 0 Å². The zero-order valence-corrected chi connectivity index (χ0v) is 14.9. The molecular weight excluding hydrogens is 286 g/mol. The van der Waals surface area contributed by atoms with E-state index in [0.29, 0.717) is 24.3 Å². The van der Waals surface area contributed by atoms with Crippen LogP contribution in [0.3, 0.4) is 0 Å². The average Bonchev–Trinajstić information content (AvgIpc) is 2.52. The van der Waals surface area contributed by atoms with Crippen molar-refractivity contribution < 1.29 is 0 Å². The molecule has 1 saturated heterocycles. The molecular formula is C18H31N5. The van der Waals surface area contributed by atoms with Gasteiger partial charge in [0.1, 0.15) is 11.7 Å². The summed E-state index contributed by atoms with van der Waals surface area (Å²) in [4.78, 5) is 8.86. The maximum atomic E-state index is 6.08. The Labute approximate surface area is 140 Å². The van der Waals surface area contributed by atoms with Gasteiger partial charge in [-0.3, -0.25) is 4.90 Å². The van der Waals surface area contributed by atoms with Crippen LogP contribution >= 0.6 is 0 Å². The summed E-state index contributed by atoms with van der Waals surface area (Å²) in [6, 6.07) is 0.539. The zero-order valence-electron chi connectivity index (χ0n) is 14.9. The normalized spacial score (nSPS) is 27.8. The van der Waals surface area contributed by atoms with Gasteiger partial charge in [-0.25, -0.2) is 4.99 Å². The van der Waals surface area contributed by atoms with Crippen LogP contribution in [-0.2, 0) is 0 Å². The molecule has 1 fully saturated rings. The molecule has 0 bridgehead atoms. The number of likely N-dealkylation sites (tertiary alicyclic amines) is 1. The van der Waals surface area contributed by atoms with E-state index >= 15 is 0 Å². The lowest BCUT2D eigenvalue weighted by Gasteiger charge is -2.46. The Kier molecular flexibility index (Phi) is 5.88. The lowest BCUT2D eigenvalue weighted by molar-refractivity contribution is 0.0974. The Morgan fingerprint density at radius 2 is 2.22 bits per heavy atom. The van der Waals surface area contributed by atoms with Crippen LogP contribution in [0.2, 0.25) is 0 Å². The summed E-state index contributed by atoms with van der Waals surface area (Å²) < 4.78 is 0. The van der Waals surface area contributed by atoms with Gasteiger partial charge in [0.2, 0.25) is 0 Å². The molecule has 5 nitrogen and oxygen atoms in total. The number of hydrogen-bond acceptors (Lipinski definition) is 5. The quantitative estimate of drug-likeness (QED) is 0.836. The topological polar surface area (TPSA) is 70.9 Å². The fraction of sp³-hybridized carbons (Fsp3) is 0.611. The Morgan fingerprint density at radius 3 is 2.83 bits per heavy atom. The Bertz CT molecular complexity index is 530. The minimum absolute atomic E-state index is 0.442. The van der Waals surface area contributed by atoms with Crippen molar-refractivity contribution in [2.24, 2.45) is 28.3 Å². The van der Waals surface area contributed by atoms with Crippen LogP contribution in [0.25, 0.3) is 0 Å². The highest BCUT2D eigenvalue weighted by atomic mass is 15.4. The Balaban J connectivity index is 2.33. The van der Waals surface area contributed by atoms with Gasteiger partial charge in [0.15, 0.2) is 0 Å². The van der Waals surface area contributed by atoms with Crippen LogP contribution in [0, 0.1) is 11.8 Å². The fourth-order valence-electron chi connectivity index (χ4n) is 3.51. The summed E-state index contributed by atoms with van der Waals surface area (Å²) in [6.07, 6.45) is 10.3. The summed E-state index contributed by atoms with van der Waals surface area (Å²) in [5.74, 6) is 3.07. The van der Waals surface area contributed by atoms with E-state index in [1.807, 2.05) is 12.3 Å². The van der Waals surface area contributed by atoms with Gasteiger partial charge in [0, 0.05) is 31.5 Å². The van der Waals surface area contributed by atoms with E-state index in [1.165, 1.54) is 18.7 Å². The van der Waals surface area contributed by atoms with Crippen LogP contribution in [0.4, 0.5) is 0 Å². The highest BCUT2D eigenvalue weighted by molar-refractivity contribution is 5.97. The second kappa shape index (κ2) is 7.68. The summed E-state index contributed by atoms with van der Waals surface area (Å²) in [6.45, 7) is 10.6. The van der Waals surface area contributed by atoms with Crippen LogP contribution < -0.4 is 11.5 Å². The maximum absolute atomic E-state index is 6.08. The number of nitrogens with zero attached hydrogens (tertiary/aromatic N) is 3. The predicted octanol–water partition coefficient (Wildman–Crippen LogP) is 2.59. The van der Waals surface area contributed by atoms with E-state index in [9.17, 15) is 0 Å². The van der Waals surface area contributed by atoms with E-state index in [2.05, 4.69) is 48.6 Å². The van der Waals surface area contributed by atoms with E-state index in [0.717, 1.165) is 18.2 Å². The lowest BCUT2D eigenvalue weighted by Crippen LogP contribution is -2.48. The van der Waals surface area contributed by atoms with Crippen LogP contribution in [0.15, 0.2) is 41.1 Å². The third-order valence-corrected chi connectivity index (χ3v) is 4.74. The van der Waals surface area contributed by atoms with Gasteiger partial charge in [0.05, 0.1) is 5.70 Å². The summed E-state index contributed by atoms with van der Waals surface area (Å²) in [5, 5.41) is 0. The van der Waals surface area contributed by atoms with Gasteiger partial charge in [-0.1, -0.05) is 20.8 Å². The zero-order chi connectivity index (χ0) is 17.0. The molecule has 128 valence electrons.